The van der Waals surface area contributed by atoms with Gasteiger partial charge in [-0.1, -0.05) is 0 Å². The zero-order valence-electron chi connectivity index (χ0n) is 17.8. The van der Waals surface area contributed by atoms with Gasteiger partial charge in [-0.15, -0.1) is 0 Å². The van der Waals surface area contributed by atoms with Gasteiger partial charge < -0.3 is 54.3 Å². The lowest BCUT2D eigenvalue weighted by molar-refractivity contribution is -0.344. The number of phenolic OH excluding ortho intramolecular Hbond substituents is 1. The number of ether oxygens (including phenoxy) is 5. The Morgan fingerprint density at radius 3 is 2.44 bits per heavy atom. The largest absolute Gasteiger partial charge is 0.508 e. The van der Waals surface area contributed by atoms with Crippen LogP contribution in [0.4, 0.5) is 0 Å². The van der Waals surface area contributed by atoms with E-state index >= 15 is 0 Å². The van der Waals surface area contributed by atoms with Crippen LogP contribution in [0, 0.1) is 11.8 Å². The second-order valence-corrected chi connectivity index (χ2v) is 8.84. The average molecular weight is 482 g/mol. The maximum atomic E-state index is 12.7. The fraction of sp³-hybridized carbons (Fsp3) is 0.591. The smallest absolute Gasteiger partial charge is 0.338 e. The molecule has 1 saturated carbocycles. The fourth-order valence-electron chi connectivity index (χ4n) is 5.08. The molecule has 3 aliphatic heterocycles. The lowest BCUT2D eigenvalue weighted by atomic mass is 9.85. The van der Waals surface area contributed by atoms with Crippen LogP contribution in [0.5, 0.6) is 5.75 Å². The molecule has 12 nitrogen and oxygen atoms in total. The number of aliphatic hydroxyl groups is 5. The zero-order chi connectivity index (χ0) is 24.2. The van der Waals surface area contributed by atoms with Gasteiger partial charge >= 0.3 is 5.97 Å². The van der Waals surface area contributed by atoms with Gasteiger partial charge in [-0.3, -0.25) is 0 Å². The fourth-order valence-corrected chi connectivity index (χ4v) is 5.08. The van der Waals surface area contributed by atoms with Gasteiger partial charge in [0.15, 0.2) is 6.29 Å². The topological polar surface area (TPSA) is 188 Å². The Balaban J connectivity index is 1.34. The minimum Gasteiger partial charge on any atom is -0.508 e. The van der Waals surface area contributed by atoms with Crippen molar-refractivity contribution in [1.29, 1.82) is 0 Å². The lowest BCUT2D eigenvalue weighted by Gasteiger charge is -2.43. The van der Waals surface area contributed by atoms with E-state index in [9.17, 15) is 35.4 Å². The number of epoxide rings is 1. The van der Waals surface area contributed by atoms with E-state index in [0.29, 0.717) is 0 Å². The highest BCUT2D eigenvalue weighted by Gasteiger charge is 2.77. The van der Waals surface area contributed by atoms with E-state index in [-0.39, 0.29) is 11.3 Å². The minimum atomic E-state index is -1.64. The number of benzene rings is 1. The maximum Gasteiger partial charge on any atom is 0.338 e. The molecule has 3 heterocycles. The Bertz CT molecular complexity index is 934. The summed E-state index contributed by atoms with van der Waals surface area (Å²) in [5, 5.41) is 59.3. The van der Waals surface area contributed by atoms with Gasteiger partial charge in [0.2, 0.25) is 6.29 Å². The molecule has 34 heavy (non-hydrogen) atoms. The second-order valence-electron chi connectivity index (χ2n) is 8.84. The third-order valence-electron chi connectivity index (χ3n) is 6.94. The predicted octanol–water partition coefficient (Wildman–Crippen LogP) is -2.02. The van der Waals surface area contributed by atoms with Gasteiger partial charge in [0, 0.05) is 5.92 Å². The molecule has 2 saturated heterocycles. The van der Waals surface area contributed by atoms with Crippen LogP contribution < -0.4 is 0 Å². The van der Waals surface area contributed by atoms with E-state index < -0.39 is 85.8 Å². The third kappa shape index (κ3) is 3.67. The van der Waals surface area contributed by atoms with Crippen LogP contribution in [-0.4, -0.2) is 105 Å². The number of aromatic hydroxyl groups is 1. The Hall–Kier alpha value is -2.29. The number of fused-ring (bicyclic) bond motifs is 3. The van der Waals surface area contributed by atoms with E-state index in [1.165, 1.54) is 30.5 Å². The SMILES string of the molecule is O=C(O[C@@H]1[C@@H]2C=CO[C@@H](O[C@H]3O[C@H](CO)[C@@H](O)[C@H](O)[C@H]3O)[C@@H]2[C@@]2(CO)O[C@@H]12)c1ccc(O)cc1. The number of carbonyl (C=O) groups is 1. The minimum absolute atomic E-state index is 0.00264. The monoisotopic (exact) mass is 482 g/mol. The Kier molecular flexibility index (Phi) is 6.02. The molecule has 5 rings (SSSR count). The molecule has 1 aromatic rings. The third-order valence-corrected chi connectivity index (χ3v) is 6.94. The van der Waals surface area contributed by atoms with Gasteiger partial charge in [-0.05, 0) is 30.3 Å². The Morgan fingerprint density at radius 1 is 1.03 bits per heavy atom. The summed E-state index contributed by atoms with van der Waals surface area (Å²) in [6.45, 7) is -1.04. The maximum absolute atomic E-state index is 12.7. The van der Waals surface area contributed by atoms with E-state index in [1.807, 2.05) is 0 Å². The molecule has 186 valence electrons. The number of rotatable bonds is 6. The zero-order valence-corrected chi connectivity index (χ0v) is 17.8. The summed E-state index contributed by atoms with van der Waals surface area (Å²) in [4.78, 5) is 12.7. The van der Waals surface area contributed by atoms with Crippen LogP contribution in [0.3, 0.4) is 0 Å². The molecular weight excluding hydrogens is 456 g/mol. The highest BCUT2D eigenvalue weighted by atomic mass is 16.8. The highest BCUT2D eigenvalue weighted by Crippen LogP contribution is 2.60. The number of carbonyl (C=O) groups excluding carboxylic acids is 1. The van der Waals surface area contributed by atoms with Crippen molar-refractivity contribution < 1.29 is 59.1 Å². The molecule has 0 unspecified atom stereocenters. The first-order valence-corrected chi connectivity index (χ1v) is 10.9. The van der Waals surface area contributed by atoms with Crippen LogP contribution in [-0.2, 0) is 23.7 Å². The van der Waals surface area contributed by atoms with Crippen molar-refractivity contribution in [1.82, 2.24) is 0 Å². The first-order valence-electron chi connectivity index (χ1n) is 10.9. The van der Waals surface area contributed by atoms with Crippen LogP contribution in [0.1, 0.15) is 10.4 Å². The van der Waals surface area contributed by atoms with E-state index in [2.05, 4.69) is 0 Å². The van der Waals surface area contributed by atoms with Gasteiger partial charge in [0.1, 0.15) is 48.0 Å². The van der Waals surface area contributed by atoms with Crippen molar-refractivity contribution in [3.8, 4) is 5.75 Å². The lowest BCUT2D eigenvalue weighted by Crippen LogP contribution is -2.60. The molecule has 0 aromatic heterocycles. The summed E-state index contributed by atoms with van der Waals surface area (Å²) in [7, 11) is 0. The van der Waals surface area contributed by atoms with Gasteiger partial charge in [-0.25, -0.2) is 4.79 Å². The number of hydrogen-bond donors (Lipinski definition) is 6. The summed E-state index contributed by atoms with van der Waals surface area (Å²) >= 11 is 0. The van der Waals surface area contributed by atoms with Crippen molar-refractivity contribution in [3.63, 3.8) is 0 Å². The summed E-state index contributed by atoms with van der Waals surface area (Å²) in [5.74, 6) is -1.78. The van der Waals surface area contributed by atoms with Crippen LogP contribution in [0.25, 0.3) is 0 Å². The van der Waals surface area contributed by atoms with Crippen LogP contribution >= 0.6 is 0 Å². The number of hydrogen-bond acceptors (Lipinski definition) is 12. The first-order chi connectivity index (χ1) is 16.3. The molecule has 1 aliphatic carbocycles. The van der Waals surface area contributed by atoms with Crippen molar-refractivity contribution in [2.45, 2.75) is 54.8 Å². The van der Waals surface area contributed by atoms with E-state index in [1.54, 1.807) is 6.08 Å². The molecule has 0 radical (unpaired) electrons. The molecule has 3 fully saturated rings. The molecule has 1 aromatic carbocycles. The molecule has 11 atom stereocenters. The van der Waals surface area contributed by atoms with Crippen LogP contribution in [0.2, 0.25) is 0 Å². The molecule has 12 heteroatoms. The van der Waals surface area contributed by atoms with Crippen molar-refractivity contribution in [2.75, 3.05) is 13.2 Å². The number of esters is 1. The first kappa shape index (κ1) is 23.5. The van der Waals surface area contributed by atoms with Crippen molar-refractivity contribution >= 4 is 5.97 Å². The van der Waals surface area contributed by atoms with Crippen LogP contribution in [0.15, 0.2) is 36.6 Å². The normalized spacial score (nSPS) is 44.6. The second kappa shape index (κ2) is 8.73. The number of aliphatic hydroxyl groups excluding tert-OH is 5. The molecule has 0 amide bonds. The number of phenols is 1. The molecule has 6 N–H and O–H groups in total. The standard InChI is InChI=1S/C22H26O12/c23-7-12-14(26)15(27)16(28)21(31-12)33-20-13-11(5-6-30-20)17(18-22(13,8-24)34-18)32-19(29)9-1-3-10(25)4-2-9/h1-6,11-18,20-21,23-28H,7-8H2/t11-,12-,13-,14-,15+,16-,17-,18+,20+,21-,22-/m1/s1. The van der Waals surface area contributed by atoms with Gasteiger partial charge in [0.25, 0.3) is 0 Å². The summed E-state index contributed by atoms with van der Waals surface area (Å²) in [6.07, 6.45) is -6.99. The Labute approximate surface area is 193 Å². The van der Waals surface area contributed by atoms with Crippen molar-refractivity contribution in [2.24, 2.45) is 11.8 Å². The highest BCUT2D eigenvalue weighted by molar-refractivity contribution is 5.89. The summed E-state index contributed by atoms with van der Waals surface area (Å²) < 4.78 is 28.3. The molecule has 0 bridgehead atoms. The van der Waals surface area contributed by atoms with Gasteiger partial charge in [0.05, 0.1) is 31.0 Å². The predicted molar refractivity (Wildman–Crippen MR) is 108 cm³/mol. The molecule has 0 spiro atoms. The van der Waals surface area contributed by atoms with E-state index in [4.69, 9.17) is 23.7 Å². The molecular formula is C22H26O12. The average Bonchev–Trinajstić information content (AvgIpc) is 3.52. The van der Waals surface area contributed by atoms with Crippen molar-refractivity contribution in [3.05, 3.63) is 42.2 Å². The summed E-state index contributed by atoms with van der Waals surface area (Å²) in [6, 6.07) is 5.56. The quantitative estimate of drug-likeness (QED) is 0.193. The molecule has 4 aliphatic rings. The Morgan fingerprint density at radius 2 is 1.76 bits per heavy atom. The van der Waals surface area contributed by atoms with E-state index in [0.717, 1.165) is 0 Å². The van der Waals surface area contributed by atoms with Gasteiger partial charge in [-0.2, -0.15) is 0 Å². The summed E-state index contributed by atoms with van der Waals surface area (Å²) in [5.41, 5.74) is -0.907.